The fourth-order valence-electron chi connectivity index (χ4n) is 3.62. The van der Waals surface area contributed by atoms with Crippen molar-refractivity contribution in [2.75, 3.05) is 0 Å². The van der Waals surface area contributed by atoms with E-state index in [1.165, 1.54) is 19.3 Å². The normalized spacial score (nSPS) is 15.4. The predicted octanol–water partition coefficient (Wildman–Crippen LogP) is 4.87. The van der Waals surface area contributed by atoms with Gasteiger partial charge >= 0.3 is 0 Å². The number of benzene rings is 1. The van der Waals surface area contributed by atoms with Crippen LogP contribution >= 0.6 is 11.6 Å². The molecule has 1 heterocycles. The van der Waals surface area contributed by atoms with Crippen LogP contribution in [0.1, 0.15) is 50.3 Å². The minimum absolute atomic E-state index is 0.174. The lowest BCUT2D eigenvalue weighted by Crippen LogP contribution is -2.40. The van der Waals surface area contributed by atoms with E-state index in [-0.39, 0.29) is 5.91 Å². The largest absolute Gasteiger partial charge is 0.345 e. The quantitative estimate of drug-likeness (QED) is 0.759. The highest BCUT2D eigenvalue weighted by molar-refractivity contribution is 6.31. The highest BCUT2D eigenvalue weighted by Gasteiger charge is 2.24. The first-order valence-electron chi connectivity index (χ1n) is 8.80. The summed E-state index contributed by atoms with van der Waals surface area (Å²) >= 11 is 6.29. The molecule has 1 fully saturated rings. The first-order chi connectivity index (χ1) is 11.6. The maximum Gasteiger partial charge on any atom is 0.220 e. The lowest BCUT2D eigenvalue weighted by Gasteiger charge is -2.34. The molecule has 0 N–H and O–H groups in total. The Bertz CT molecular complexity index is 688. The Kier molecular flexibility index (Phi) is 5.62. The molecule has 4 heteroatoms. The molecule has 1 saturated carbocycles. The maximum absolute atomic E-state index is 12.2. The molecule has 0 aliphatic heterocycles. The van der Waals surface area contributed by atoms with Crippen molar-refractivity contribution in [2.45, 2.75) is 58.2 Å². The molecular weight excluding hydrogens is 320 g/mol. The second kappa shape index (κ2) is 7.89. The number of amides is 1. The van der Waals surface area contributed by atoms with Crippen LogP contribution in [0, 0.1) is 0 Å². The van der Waals surface area contributed by atoms with Crippen molar-refractivity contribution in [3.05, 3.63) is 58.9 Å². The average molecular weight is 345 g/mol. The fraction of sp³-hybridized carbons (Fsp3) is 0.450. The van der Waals surface area contributed by atoms with Crippen LogP contribution in [-0.4, -0.2) is 21.4 Å². The lowest BCUT2D eigenvalue weighted by atomic mass is 9.94. The first-order valence-corrected chi connectivity index (χ1v) is 9.17. The monoisotopic (exact) mass is 344 g/mol. The number of carbonyl (C=O) groups is 1. The molecule has 0 atom stereocenters. The van der Waals surface area contributed by atoms with Gasteiger partial charge in [0.15, 0.2) is 0 Å². The summed E-state index contributed by atoms with van der Waals surface area (Å²) in [6.07, 6.45) is 8.09. The average Bonchev–Trinajstić information content (AvgIpc) is 3.02. The third-order valence-corrected chi connectivity index (χ3v) is 5.34. The molecule has 1 aromatic carbocycles. The van der Waals surface area contributed by atoms with E-state index in [1.807, 2.05) is 24.3 Å². The first kappa shape index (κ1) is 17.1. The van der Waals surface area contributed by atoms with Crippen molar-refractivity contribution < 1.29 is 4.79 Å². The zero-order valence-electron chi connectivity index (χ0n) is 14.2. The standard InChI is InChI=1S/C20H25ClN2O/c1-16(24)23(18-9-3-2-4-10-18)15-19-11-7-13-22(19)14-17-8-5-6-12-20(17)21/h5-8,11-13,18H,2-4,9-10,14-15H2,1H3. The van der Waals surface area contributed by atoms with Gasteiger partial charge in [-0.3, -0.25) is 4.79 Å². The van der Waals surface area contributed by atoms with Crippen molar-refractivity contribution in [1.82, 2.24) is 9.47 Å². The van der Waals surface area contributed by atoms with E-state index in [0.29, 0.717) is 12.6 Å². The van der Waals surface area contributed by atoms with E-state index in [2.05, 4.69) is 27.8 Å². The molecule has 0 bridgehead atoms. The van der Waals surface area contributed by atoms with Crippen LogP contribution in [0.15, 0.2) is 42.6 Å². The van der Waals surface area contributed by atoms with Crippen molar-refractivity contribution in [2.24, 2.45) is 0 Å². The molecule has 1 aromatic heterocycles. The van der Waals surface area contributed by atoms with E-state index in [0.717, 1.165) is 35.7 Å². The highest BCUT2D eigenvalue weighted by Crippen LogP contribution is 2.25. The van der Waals surface area contributed by atoms with Crippen LogP contribution in [0.3, 0.4) is 0 Å². The molecule has 1 amide bonds. The number of aromatic nitrogens is 1. The summed E-state index contributed by atoms with van der Waals surface area (Å²) in [5, 5.41) is 0.785. The summed E-state index contributed by atoms with van der Waals surface area (Å²) in [6, 6.07) is 12.5. The van der Waals surface area contributed by atoms with Gasteiger partial charge in [-0.25, -0.2) is 0 Å². The molecule has 0 saturated heterocycles. The van der Waals surface area contributed by atoms with Crippen LogP contribution in [-0.2, 0) is 17.9 Å². The molecule has 128 valence electrons. The van der Waals surface area contributed by atoms with Gasteiger partial charge in [0, 0.05) is 36.4 Å². The number of halogens is 1. The Labute approximate surface area is 149 Å². The van der Waals surface area contributed by atoms with Crippen LogP contribution in [0.25, 0.3) is 0 Å². The fourth-order valence-corrected chi connectivity index (χ4v) is 3.82. The van der Waals surface area contributed by atoms with Gasteiger partial charge in [0.05, 0.1) is 6.54 Å². The van der Waals surface area contributed by atoms with E-state index in [9.17, 15) is 4.79 Å². The Morgan fingerprint density at radius 3 is 2.62 bits per heavy atom. The number of carbonyl (C=O) groups excluding carboxylic acids is 1. The summed E-state index contributed by atoms with van der Waals surface area (Å²) < 4.78 is 2.19. The Hall–Kier alpha value is -1.74. The smallest absolute Gasteiger partial charge is 0.220 e. The van der Waals surface area contributed by atoms with Crippen LogP contribution in [0.4, 0.5) is 0 Å². The lowest BCUT2D eigenvalue weighted by molar-refractivity contribution is -0.132. The zero-order chi connectivity index (χ0) is 16.9. The van der Waals surface area contributed by atoms with Crippen molar-refractivity contribution in [3.63, 3.8) is 0 Å². The van der Waals surface area contributed by atoms with E-state index < -0.39 is 0 Å². The van der Waals surface area contributed by atoms with Gasteiger partial charge in [0.2, 0.25) is 5.91 Å². The molecule has 2 aromatic rings. The van der Waals surface area contributed by atoms with E-state index in [4.69, 9.17) is 11.6 Å². The third kappa shape index (κ3) is 4.02. The van der Waals surface area contributed by atoms with Crippen molar-refractivity contribution >= 4 is 17.5 Å². The van der Waals surface area contributed by atoms with Gasteiger partial charge in [-0.05, 0) is 36.6 Å². The molecule has 0 radical (unpaired) electrons. The third-order valence-electron chi connectivity index (χ3n) is 4.97. The number of hydrogen-bond donors (Lipinski definition) is 0. The minimum Gasteiger partial charge on any atom is -0.345 e. The molecule has 3 rings (SSSR count). The van der Waals surface area contributed by atoms with Crippen molar-refractivity contribution in [1.29, 1.82) is 0 Å². The maximum atomic E-state index is 12.2. The summed E-state index contributed by atoms with van der Waals surface area (Å²) in [7, 11) is 0. The Morgan fingerprint density at radius 2 is 1.92 bits per heavy atom. The van der Waals surface area contributed by atoms with Gasteiger partial charge in [-0.2, -0.15) is 0 Å². The van der Waals surface area contributed by atoms with Crippen molar-refractivity contribution in [3.8, 4) is 0 Å². The molecule has 1 aliphatic carbocycles. The van der Waals surface area contributed by atoms with Crippen LogP contribution in [0.2, 0.25) is 5.02 Å². The van der Waals surface area contributed by atoms with Gasteiger partial charge < -0.3 is 9.47 Å². The Balaban J connectivity index is 1.76. The molecule has 1 aliphatic rings. The predicted molar refractivity (Wildman–Crippen MR) is 98.1 cm³/mol. The number of nitrogens with zero attached hydrogens (tertiary/aromatic N) is 2. The van der Waals surface area contributed by atoms with Gasteiger partial charge in [-0.1, -0.05) is 49.1 Å². The second-order valence-electron chi connectivity index (χ2n) is 6.66. The molecule has 0 unspecified atom stereocenters. The summed E-state index contributed by atoms with van der Waals surface area (Å²) in [5.74, 6) is 0.174. The minimum atomic E-state index is 0.174. The summed E-state index contributed by atoms with van der Waals surface area (Å²) in [5.41, 5.74) is 2.26. The summed E-state index contributed by atoms with van der Waals surface area (Å²) in [4.78, 5) is 14.2. The SMILES string of the molecule is CC(=O)N(Cc1cccn1Cc1ccccc1Cl)C1CCCCC1. The zero-order valence-corrected chi connectivity index (χ0v) is 15.0. The topological polar surface area (TPSA) is 25.2 Å². The summed E-state index contributed by atoms with van der Waals surface area (Å²) in [6.45, 7) is 3.10. The molecule has 0 spiro atoms. The van der Waals surface area contributed by atoms with Gasteiger partial charge in [0.1, 0.15) is 0 Å². The van der Waals surface area contributed by atoms with Crippen LogP contribution < -0.4 is 0 Å². The number of hydrogen-bond acceptors (Lipinski definition) is 1. The van der Waals surface area contributed by atoms with Gasteiger partial charge in [-0.15, -0.1) is 0 Å². The second-order valence-corrected chi connectivity index (χ2v) is 7.06. The van der Waals surface area contributed by atoms with Gasteiger partial charge in [0.25, 0.3) is 0 Å². The molecule has 24 heavy (non-hydrogen) atoms. The van der Waals surface area contributed by atoms with E-state index in [1.54, 1.807) is 6.92 Å². The number of rotatable bonds is 5. The Morgan fingerprint density at radius 1 is 1.17 bits per heavy atom. The van der Waals surface area contributed by atoms with Crippen LogP contribution in [0.5, 0.6) is 0 Å². The molecular formula is C20H25ClN2O. The molecule has 3 nitrogen and oxygen atoms in total. The van der Waals surface area contributed by atoms with E-state index >= 15 is 0 Å². The highest BCUT2D eigenvalue weighted by atomic mass is 35.5.